The van der Waals surface area contributed by atoms with Crippen LogP contribution in [0.25, 0.3) is 17.3 Å². The molecule has 0 radical (unpaired) electrons. The van der Waals surface area contributed by atoms with Crippen molar-refractivity contribution in [3.05, 3.63) is 100 Å². The molecule has 0 amide bonds. The fraction of sp³-hybridized carbons (Fsp3) is 0.0435. The first kappa shape index (κ1) is 18.9. The third-order valence-corrected chi connectivity index (χ3v) is 4.30. The van der Waals surface area contributed by atoms with Gasteiger partial charge in [-0.2, -0.15) is 10.1 Å². The van der Waals surface area contributed by atoms with Crippen LogP contribution in [0.5, 0.6) is 0 Å². The second-order valence-corrected chi connectivity index (χ2v) is 6.32. The van der Waals surface area contributed by atoms with Crippen LogP contribution in [0.1, 0.15) is 21.5 Å². The number of carboxylic acids is 1. The summed E-state index contributed by atoms with van der Waals surface area (Å²) in [6.45, 7) is 0. The van der Waals surface area contributed by atoms with E-state index in [0.717, 1.165) is 10.2 Å². The standard InChI is InChI=1S/C23H15N3O4/c27-21-18(8-4-7-16-5-2-1-3-6-16)13-14-25-26(21)23-24-15-20(30-23)17-9-11-19(12-10-17)22(28)29/h1-3,5-6,9-15H,7H2,(H,28,29). The van der Waals surface area contributed by atoms with Crippen LogP contribution in [-0.2, 0) is 6.42 Å². The number of aromatic nitrogens is 3. The van der Waals surface area contributed by atoms with Gasteiger partial charge in [-0.05, 0) is 23.8 Å². The molecule has 0 saturated heterocycles. The molecule has 0 atom stereocenters. The van der Waals surface area contributed by atoms with Gasteiger partial charge in [0.15, 0.2) is 5.76 Å². The fourth-order valence-corrected chi connectivity index (χ4v) is 2.75. The molecule has 7 nitrogen and oxygen atoms in total. The highest BCUT2D eigenvalue weighted by molar-refractivity contribution is 5.88. The molecule has 1 N–H and O–H groups in total. The number of aromatic carboxylic acids is 1. The average Bonchev–Trinajstić information content (AvgIpc) is 3.26. The van der Waals surface area contributed by atoms with Gasteiger partial charge in [-0.3, -0.25) is 4.79 Å². The molecule has 0 bridgehead atoms. The smallest absolute Gasteiger partial charge is 0.335 e. The molecule has 30 heavy (non-hydrogen) atoms. The van der Waals surface area contributed by atoms with Gasteiger partial charge in [0, 0.05) is 18.2 Å². The van der Waals surface area contributed by atoms with E-state index in [1.807, 2.05) is 30.3 Å². The Morgan fingerprint density at radius 1 is 1.07 bits per heavy atom. The summed E-state index contributed by atoms with van der Waals surface area (Å²) in [4.78, 5) is 27.8. The number of hydrogen-bond acceptors (Lipinski definition) is 5. The van der Waals surface area contributed by atoms with Gasteiger partial charge in [-0.15, -0.1) is 4.68 Å². The highest BCUT2D eigenvalue weighted by Crippen LogP contribution is 2.21. The Morgan fingerprint density at radius 2 is 1.83 bits per heavy atom. The van der Waals surface area contributed by atoms with E-state index in [0.29, 0.717) is 17.7 Å². The van der Waals surface area contributed by atoms with Crippen LogP contribution in [0.15, 0.2) is 82.3 Å². The topological polar surface area (TPSA) is 98.2 Å². The van der Waals surface area contributed by atoms with Gasteiger partial charge >= 0.3 is 12.0 Å². The van der Waals surface area contributed by atoms with Gasteiger partial charge < -0.3 is 9.52 Å². The van der Waals surface area contributed by atoms with Crippen molar-refractivity contribution >= 4 is 5.97 Å². The van der Waals surface area contributed by atoms with Crippen LogP contribution < -0.4 is 5.56 Å². The van der Waals surface area contributed by atoms with E-state index in [4.69, 9.17) is 9.52 Å². The van der Waals surface area contributed by atoms with Gasteiger partial charge in [0.2, 0.25) is 0 Å². The van der Waals surface area contributed by atoms with Crippen molar-refractivity contribution in [1.82, 2.24) is 14.8 Å². The molecular weight excluding hydrogens is 382 g/mol. The Labute approximate surface area is 171 Å². The number of rotatable bonds is 4. The summed E-state index contributed by atoms with van der Waals surface area (Å²) >= 11 is 0. The maximum atomic E-state index is 12.7. The van der Waals surface area contributed by atoms with Crippen LogP contribution in [0, 0.1) is 11.8 Å². The molecule has 0 aliphatic heterocycles. The average molecular weight is 397 g/mol. The Balaban J connectivity index is 1.59. The van der Waals surface area contributed by atoms with E-state index in [1.54, 1.807) is 18.2 Å². The lowest BCUT2D eigenvalue weighted by Gasteiger charge is -2.00. The van der Waals surface area contributed by atoms with E-state index in [9.17, 15) is 9.59 Å². The molecule has 7 heteroatoms. The number of carboxylic acid groups (broad SMARTS) is 1. The zero-order chi connectivity index (χ0) is 20.9. The molecule has 4 rings (SSSR count). The molecule has 2 aromatic carbocycles. The van der Waals surface area contributed by atoms with Crippen molar-refractivity contribution in [2.45, 2.75) is 6.42 Å². The van der Waals surface area contributed by atoms with Crippen LogP contribution in [0.2, 0.25) is 0 Å². The summed E-state index contributed by atoms with van der Waals surface area (Å²) in [5.74, 6) is 5.24. The van der Waals surface area contributed by atoms with Gasteiger partial charge in [0.1, 0.15) is 0 Å². The molecule has 0 aliphatic rings. The minimum absolute atomic E-state index is 0.00372. The molecule has 0 spiro atoms. The number of carbonyl (C=O) groups is 1. The van der Waals surface area contributed by atoms with Gasteiger partial charge in [0.25, 0.3) is 5.56 Å². The summed E-state index contributed by atoms with van der Waals surface area (Å²) in [5.41, 5.74) is 1.70. The maximum absolute atomic E-state index is 12.7. The lowest BCUT2D eigenvalue weighted by molar-refractivity contribution is 0.0697. The van der Waals surface area contributed by atoms with Crippen LogP contribution in [0.4, 0.5) is 0 Å². The molecule has 0 fully saturated rings. The lowest BCUT2D eigenvalue weighted by atomic mass is 10.1. The highest BCUT2D eigenvalue weighted by atomic mass is 16.4. The summed E-state index contributed by atoms with van der Waals surface area (Å²) in [5, 5.41) is 13.0. The van der Waals surface area contributed by atoms with Gasteiger partial charge in [-0.1, -0.05) is 54.3 Å². The largest absolute Gasteiger partial charge is 0.478 e. The minimum atomic E-state index is -1.01. The molecule has 0 aliphatic carbocycles. The predicted octanol–water partition coefficient (Wildman–Crippen LogP) is 3.18. The van der Waals surface area contributed by atoms with Crippen molar-refractivity contribution < 1.29 is 14.3 Å². The van der Waals surface area contributed by atoms with E-state index in [2.05, 4.69) is 21.9 Å². The van der Waals surface area contributed by atoms with Crippen molar-refractivity contribution in [2.75, 3.05) is 0 Å². The summed E-state index contributed by atoms with van der Waals surface area (Å²) in [6, 6.07) is 17.4. The number of oxazole rings is 1. The van der Waals surface area contributed by atoms with Crippen LogP contribution >= 0.6 is 0 Å². The predicted molar refractivity (Wildman–Crippen MR) is 109 cm³/mol. The first-order chi connectivity index (χ1) is 14.6. The van der Waals surface area contributed by atoms with E-state index < -0.39 is 11.5 Å². The Bertz CT molecular complexity index is 1310. The number of nitrogens with zero attached hydrogens (tertiary/aromatic N) is 3. The second-order valence-electron chi connectivity index (χ2n) is 6.32. The summed E-state index contributed by atoms with van der Waals surface area (Å²) in [6.07, 6.45) is 3.44. The van der Waals surface area contributed by atoms with Crippen LogP contribution in [-0.4, -0.2) is 25.8 Å². The normalized spacial score (nSPS) is 10.3. The third-order valence-electron chi connectivity index (χ3n) is 4.30. The lowest BCUT2D eigenvalue weighted by Crippen LogP contribution is -2.23. The Kier molecular flexibility index (Phi) is 5.22. The minimum Gasteiger partial charge on any atom is -0.478 e. The molecule has 2 heterocycles. The monoisotopic (exact) mass is 397 g/mol. The van der Waals surface area contributed by atoms with Crippen molar-refractivity contribution in [3.63, 3.8) is 0 Å². The van der Waals surface area contributed by atoms with E-state index >= 15 is 0 Å². The molecule has 0 saturated carbocycles. The molecule has 4 aromatic rings. The Hall–Kier alpha value is -4.44. The zero-order valence-corrected chi connectivity index (χ0v) is 15.6. The third kappa shape index (κ3) is 4.03. The summed E-state index contributed by atoms with van der Waals surface area (Å²) < 4.78 is 6.70. The zero-order valence-electron chi connectivity index (χ0n) is 15.6. The first-order valence-corrected chi connectivity index (χ1v) is 9.03. The molecule has 146 valence electrons. The number of hydrogen-bond donors (Lipinski definition) is 1. The molecule has 0 unspecified atom stereocenters. The van der Waals surface area contributed by atoms with Gasteiger partial charge in [0.05, 0.1) is 17.3 Å². The van der Waals surface area contributed by atoms with Gasteiger partial charge in [-0.25, -0.2) is 4.79 Å². The number of benzene rings is 2. The fourth-order valence-electron chi connectivity index (χ4n) is 2.75. The first-order valence-electron chi connectivity index (χ1n) is 9.03. The quantitative estimate of drug-likeness (QED) is 0.531. The maximum Gasteiger partial charge on any atom is 0.335 e. The highest BCUT2D eigenvalue weighted by Gasteiger charge is 2.13. The second kappa shape index (κ2) is 8.29. The van der Waals surface area contributed by atoms with Crippen molar-refractivity contribution in [1.29, 1.82) is 0 Å². The summed E-state index contributed by atoms with van der Waals surface area (Å²) in [7, 11) is 0. The molecular formula is C23H15N3O4. The van der Waals surface area contributed by atoms with Crippen molar-refractivity contribution in [2.24, 2.45) is 0 Å². The SMILES string of the molecule is O=C(O)c1ccc(-c2cnc(-n3nccc(C#CCc4ccccc4)c3=O)o2)cc1. The Morgan fingerprint density at radius 3 is 2.57 bits per heavy atom. The van der Waals surface area contributed by atoms with Crippen molar-refractivity contribution in [3.8, 4) is 29.2 Å². The van der Waals surface area contributed by atoms with E-state index in [1.165, 1.54) is 24.5 Å². The van der Waals surface area contributed by atoms with E-state index in [-0.39, 0.29) is 17.1 Å². The van der Waals surface area contributed by atoms with Crippen LogP contribution in [0.3, 0.4) is 0 Å². The molecule has 2 aromatic heterocycles.